The van der Waals surface area contributed by atoms with Crippen molar-refractivity contribution < 1.29 is 9.53 Å². The number of hydrogen-bond donors (Lipinski definition) is 1. The molecular weight excluding hydrogens is 272 g/mol. The van der Waals surface area contributed by atoms with Crippen molar-refractivity contribution >= 4 is 34.4 Å². The molecule has 0 bridgehead atoms. The lowest BCUT2D eigenvalue weighted by molar-refractivity contribution is -0.120. The number of amides is 1. The summed E-state index contributed by atoms with van der Waals surface area (Å²) in [5.41, 5.74) is 0. The van der Waals surface area contributed by atoms with Crippen molar-refractivity contribution in [2.45, 2.75) is 6.42 Å². The number of hydrogen-bond acceptors (Lipinski definition) is 4. The second-order valence-corrected chi connectivity index (χ2v) is 5.10. The standard InChI is InChI=1S/C12H13ClN2O2S/c13-9-3-1-2-4-10(9)17-7-5-11(16)15-12-14-6-8-18-12/h1-4H,5-8H2,(H,14,15,16). The molecule has 0 atom stereocenters. The molecule has 6 heteroatoms. The van der Waals surface area contributed by atoms with Gasteiger partial charge in [-0.2, -0.15) is 0 Å². The third kappa shape index (κ3) is 3.92. The fourth-order valence-corrected chi connectivity index (χ4v) is 2.34. The Bertz CT molecular complexity index is 465. The van der Waals surface area contributed by atoms with E-state index in [4.69, 9.17) is 16.3 Å². The van der Waals surface area contributed by atoms with E-state index in [9.17, 15) is 4.79 Å². The summed E-state index contributed by atoms with van der Waals surface area (Å²) in [6, 6.07) is 7.19. The largest absolute Gasteiger partial charge is 0.491 e. The first-order chi connectivity index (χ1) is 8.75. The van der Waals surface area contributed by atoms with E-state index in [1.54, 1.807) is 23.9 Å². The van der Waals surface area contributed by atoms with Gasteiger partial charge < -0.3 is 10.1 Å². The quantitative estimate of drug-likeness (QED) is 0.923. The first kappa shape index (κ1) is 13.2. The number of carbonyl (C=O) groups excluding carboxylic acids is 1. The summed E-state index contributed by atoms with van der Waals surface area (Å²) in [6.07, 6.45) is 0.283. The van der Waals surface area contributed by atoms with Gasteiger partial charge in [-0.1, -0.05) is 35.5 Å². The van der Waals surface area contributed by atoms with Gasteiger partial charge >= 0.3 is 0 Å². The van der Waals surface area contributed by atoms with E-state index >= 15 is 0 Å². The van der Waals surface area contributed by atoms with Crippen LogP contribution < -0.4 is 10.1 Å². The first-order valence-corrected chi connectivity index (χ1v) is 6.96. The highest BCUT2D eigenvalue weighted by atomic mass is 35.5. The van der Waals surface area contributed by atoms with Crippen molar-refractivity contribution in [2.24, 2.45) is 4.99 Å². The lowest BCUT2D eigenvalue weighted by Crippen LogP contribution is -2.28. The summed E-state index contributed by atoms with van der Waals surface area (Å²) >= 11 is 7.49. The molecule has 2 rings (SSSR count). The van der Waals surface area contributed by atoms with Crippen LogP contribution >= 0.6 is 23.4 Å². The minimum atomic E-state index is -0.0878. The molecule has 1 N–H and O–H groups in total. The maximum Gasteiger partial charge on any atom is 0.229 e. The van der Waals surface area contributed by atoms with Gasteiger partial charge in [0.1, 0.15) is 5.75 Å². The molecule has 96 valence electrons. The zero-order chi connectivity index (χ0) is 12.8. The van der Waals surface area contributed by atoms with Crippen LogP contribution in [0.25, 0.3) is 0 Å². The van der Waals surface area contributed by atoms with Crippen LogP contribution in [-0.4, -0.2) is 30.0 Å². The molecule has 1 aromatic carbocycles. The topological polar surface area (TPSA) is 50.7 Å². The predicted octanol–water partition coefficient (Wildman–Crippen LogP) is 2.33. The number of thioether (sulfide) groups is 1. The number of benzene rings is 1. The highest BCUT2D eigenvalue weighted by Crippen LogP contribution is 2.23. The number of rotatable bonds is 4. The van der Waals surface area contributed by atoms with Crippen molar-refractivity contribution in [3.05, 3.63) is 29.3 Å². The lowest BCUT2D eigenvalue weighted by Gasteiger charge is -2.07. The molecule has 18 heavy (non-hydrogen) atoms. The molecule has 1 aliphatic rings. The van der Waals surface area contributed by atoms with E-state index < -0.39 is 0 Å². The van der Waals surface area contributed by atoms with Crippen molar-refractivity contribution in [2.75, 3.05) is 18.9 Å². The molecule has 0 saturated carbocycles. The normalized spacial score (nSPS) is 14.2. The average molecular weight is 285 g/mol. The first-order valence-electron chi connectivity index (χ1n) is 5.60. The Morgan fingerprint density at radius 1 is 1.50 bits per heavy atom. The van der Waals surface area contributed by atoms with Gasteiger partial charge in [0, 0.05) is 5.75 Å². The molecule has 0 saturated heterocycles. The monoisotopic (exact) mass is 284 g/mol. The Morgan fingerprint density at radius 2 is 2.33 bits per heavy atom. The van der Waals surface area contributed by atoms with E-state index in [1.165, 1.54) is 0 Å². The van der Waals surface area contributed by atoms with Crippen molar-refractivity contribution in [3.63, 3.8) is 0 Å². The Hall–Kier alpha value is -1.20. The number of nitrogens with one attached hydrogen (secondary N) is 1. The van der Waals surface area contributed by atoms with E-state index in [-0.39, 0.29) is 12.3 Å². The number of amidine groups is 1. The number of para-hydroxylation sites is 1. The van der Waals surface area contributed by atoms with E-state index in [0.717, 1.165) is 12.3 Å². The summed E-state index contributed by atoms with van der Waals surface area (Å²) in [5.74, 6) is 1.45. The molecular formula is C12H13ClN2O2S. The highest BCUT2D eigenvalue weighted by molar-refractivity contribution is 8.14. The number of nitrogens with zero attached hydrogens (tertiary/aromatic N) is 1. The van der Waals surface area contributed by atoms with E-state index in [2.05, 4.69) is 10.3 Å². The summed E-state index contributed by atoms with van der Waals surface area (Å²) in [7, 11) is 0. The summed E-state index contributed by atoms with van der Waals surface area (Å²) < 4.78 is 5.43. The molecule has 4 nitrogen and oxygen atoms in total. The maximum atomic E-state index is 11.6. The molecule has 1 amide bonds. The van der Waals surface area contributed by atoms with Gasteiger partial charge in [0.05, 0.1) is 24.6 Å². The molecule has 0 fully saturated rings. The second-order valence-electron chi connectivity index (χ2n) is 3.61. The molecule has 0 spiro atoms. The van der Waals surface area contributed by atoms with Crippen LogP contribution in [0.5, 0.6) is 5.75 Å². The van der Waals surface area contributed by atoms with E-state index in [0.29, 0.717) is 22.5 Å². The lowest BCUT2D eigenvalue weighted by atomic mass is 10.3. The van der Waals surface area contributed by atoms with Gasteiger partial charge in [-0.15, -0.1) is 0 Å². The minimum Gasteiger partial charge on any atom is -0.491 e. The van der Waals surface area contributed by atoms with Crippen molar-refractivity contribution in [1.82, 2.24) is 5.32 Å². The smallest absolute Gasteiger partial charge is 0.229 e. The summed E-state index contributed by atoms with van der Waals surface area (Å²) in [5, 5.41) is 4.00. The Labute approximate surface area is 115 Å². The van der Waals surface area contributed by atoms with E-state index in [1.807, 2.05) is 12.1 Å². The number of aliphatic imine (C=N–C) groups is 1. The molecule has 0 aliphatic carbocycles. The van der Waals surface area contributed by atoms with Gasteiger partial charge in [0.2, 0.25) is 5.91 Å². The van der Waals surface area contributed by atoms with Crippen LogP contribution in [0.15, 0.2) is 29.3 Å². The fourth-order valence-electron chi connectivity index (χ4n) is 1.41. The minimum absolute atomic E-state index is 0.0878. The van der Waals surface area contributed by atoms with Crippen LogP contribution in [0.4, 0.5) is 0 Å². The van der Waals surface area contributed by atoms with Crippen LogP contribution in [0.3, 0.4) is 0 Å². The third-order valence-electron chi connectivity index (χ3n) is 2.26. The van der Waals surface area contributed by atoms with Gasteiger partial charge in [0.25, 0.3) is 0 Å². The van der Waals surface area contributed by atoms with Gasteiger partial charge in [0.15, 0.2) is 5.17 Å². The van der Waals surface area contributed by atoms with Gasteiger partial charge in [-0.25, -0.2) is 0 Å². The van der Waals surface area contributed by atoms with Crippen LogP contribution in [0.2, 0.25) is 5.02 Å². The number of ether oxygens (including phenoxy) is 1. The summed E-state index contributed by atoms with van der Waals surface area (Å²) in [4.78, 5) is 15.7. The molecule has 1 aliphatic heterocycles. The van der Waals surface area contributed by atoms with Crippen molar-refractivity contribution in [1.29, 1.82) is 0 Å². The molecule has 0 unspecified atom stereocenters. The second kappa shape index (κ2) is 6.66. The SMILES string of the molecule is O=C(CCOc1ccccc1Cl)NC1=NCCS1. The maximum absolute atomic E-state index is 11.6. The Morgan fingerprint density at radius 3 is 3.06 bits per heavy atom. The predicted molar refractivity (Wildman–Crippen MR) is 74.5 cm³/mol. The molecule has 0 radical (unpaired) electrons. The van der Waals surface area contributed by atoms with Crippen LogP contribution in [0.1, 0.15) is 6.42 Å². The zero-order valence-electron chi connectivity index (χ0n) is 9.69. The zero-order valence-corrected chi connectivity index (χ0v) is 11.3. The number of halogens is 1. The Balaban J connectivity index is 1.72. The third-order valence-corrected chi connectivity index (χ3v) is 3.46. The number of carbonyl (C=O) groups is 1. The molecule has 0 aromatic heterocycles. The van der Waals surface area contributed by atoms with Crippen molar-refractivity contribution in [3.8, 4) is 5.75 Å². The van der Waals surface area contributed by atoms with Crippen LogP contribution in [-0.2, 0) is 4.79 Å². The Kier molecular flexibility index (Phi) is 4.90. The molecule has 1 heterocycles. The average Bonchev–Trinajstić information content (AvgIpc) is 2.84. The molecule has 1 aromatic rings. The van der Waals surface area contributed by atoms with Gasteiger partial charge in [-0.05, 0) is 12.1 Å². The fraction of sp³-hybridized carbons (Fsp3) is 0.333. The van der Waals surface area contributed by atoms with Gasteiger partial charge in [-0.3, -0.25) is 9.79 Å². The highest BCUT2D eigenvalue weighted by Gasteiger charge is 2.10. The summed E-state index contributed by atoms with van der Waals surface area (Å²) in [6.45, 7) is 1.07. The van der Waals surface area contributed by atoms with Crippen LogP contribution in [0, 0.1) is 0 Å².